The van der Waals surface area contributed by atoms with Crippen molar-refractivity contribution in [3.63, 3.8) is 0 Å². The van der Waals surface area contributed by atoms with Gasteiger partial charge in [-0.25, -0.2) is 9.37 Å². The number of aryl methyl sites for hydroxylation is 3. The second kappa shape index (κ2) is 7.28. The molecule has 1 aromatic carbocycles. The molecule has 0 aliphatic carbocycles. The van der Waals surface area contributed by atoms with E-state index in [4.69, 9.17) is 0 Å². The van der Waals surface area contributed by atoms with E-state index in [1.165, 1.54) is 12.0 Å². The lowest BCUT2D eigenvalue weighted by atomic mass is 9.89. The van der Waals surface area contributed by atoms with E-state index in [9.17, 15) is 4.39 Å². The summed E-state index contributed by atoms with van der Waals surface area (Å²) in [7, 11) is 0. The average molecular weight is 384 g/mol. The van der Waals surface area contributed by atoms with E-state index in [1.807, 2.05) is 13.0 Å². The maximum absolute atomic E-state index is 14.8. The first-order valence-corrected chi connectivity index (χ1v) is 10.5. The zero-order valence-electron chi connectivity index (χ0n) is 16.4. The standard InChI is InChI=1S/C22H26FN3S/c1-13-8-18(9-14(2)24-13)17-6-5-7-26(12-17)15(3)19-10-21-22(11-20(19)23)27-16(4)25-21/h8-11,15,17H,5-7,12H2,1-4H3. The molecule has 0 N–H and O–H groups in total. The van der Waals surface area contributed by atoms with Crippen LogP contribution in [-0.2, 0) is 0 Å². The van der Waals surface area contributed by atoms with Gasteiger partial charge in [0.05, 0.1) is 15.2 Å². The fraction of sp³-hybridized carbons (Fsp3) is 0.455. The number of halogens is 1. The maximum Gasteiger partial charge on any atom is 0.129 e. The lowest BCUT2D eigenvalue weighted by molar-refractivity contribution is 0.156. The van der Waals surface area contributed by atoms with Crippen molar-refractivity contribution >= 4 is 21.6 Å². The molecule has 0 saturated carbocycles. The predicted octanol–water partition coefficient (Wildman–Crippen LogP) is 5.70. The molecule has 2 unspecified atom stereocenters. The van der Waals surface area contributed by atoms with Crippen LogP contribution in [0.15, 0.2) is 24.3 Å². The molecule has 2 aromatic heterocycles. The highest BCUT2D eigenvalue weighted by Crippen LogP contribution is 2.35. The van der Waals surface area contributed by atoms with Gasteiger partial charge in [-0.2, -0.15) is 0 Å². The molecule has 0 radical (unpaired) electrons. The summed E-state index contributed by atoms with van der Waals surface area (Å²) in [5.74, 6) is 0.367. The summed E-state index contributed by atoms with van der Waals surface area (Å²) >= 11 is 1.55. The second-order valence-corrected chi connectivity index (χ2v) is 9.00. The number of aromatic nitrogens is 2. The van der Waals surface area contributed by atoms with Crippen LogP contribution in [0.1, 0.15) is 59.2 Å². The van der Waals surface area contributed by atoms with E-state index < -0.39 is 0 Å². The minimum Gasteiger partial charge on any atom is -0.296 e. The van der Waals surface area contributed by atoms with Crippen molar-refractivity contribution in [2.75, 3.05) is 13.1 Å². The number of hydrogen-bond donors (Lipinski definition) is 0. The molecule has 3 nitrogen and oxygen atoms in total. The van der Waals surface area contributed by atoms with Gasteiger partial charge < -0.3 is 0 Å². The van der Waals surface area contributed by atoms with E-state index >= 15 is 0 Å². The Bertz CT molecular complexity index is 961. The highest BCUT2D eigenvalue weighted by Gasteiger charge is 2.27. The van der Waals surface area contributed by atoms with Crippen molar-refractivity contribution < 1.29 is 4.39 Å². The molecule has 2 atom stereocenters. The molecule has 3 heterocycles. The van der Waals surface area contributed by atoms with Gasteiger partial charge in [-0.15, -0.1) is 11.3 Å². The molecule has 1 aliphatic heterocycles. The van der Waals surface area contributed by atoms with Gasteiger partial charge in [0.25, 0.3) is 0 Å². The molecule has 1 aliphatic rings. The molecule has 1 fully saturated rings. The van der Waals surface area contributed by atoms with Crippen LogP contribution in [0.3, 0.4) is 0 Å². The highest BCUT2D eigenvalue weighted by molar-refractivity contribution is 7.18. The van der Waals surface area contributed by atoms with E-state index in [2.05, 4.69) is 47.8 Å². The first kappa shape index (κ1) is 18.5. The van der Waals surface area contributed by atoms with E-state index in [0.29, 0.717) is 5.92 Å². The summed E-state index contributed by atoms with van der Waals surface area (Å²) in [6.07, 6.45) is 2.31. The van der Waals surface area contributed by atoms with Crippen molar-refractivity contribution in [3.8, 4) is 0 Å². The molecule has 27 heavy (non-hydrogen) atoms. The van der Waals surface area contributed by atoms with Crippen molar-refractivity contribution in [2.24, 2.45) is 0 Å². The summed E-state index contributed by atoms with van der Waals surface area (Å²) < 4.78 is 15.7. The molecule has 5 heteroatoms. The summed E-state index contributed by atoms with van der Waals surface area (Å²) in [6.45, 7) is 10.2. The molecule has 0 bridgehead atoms. The van der Waals surface area contributed by atoms with Crippen molar-refractivity contribution in [3.05, 3.63) is 57.6 Å². The average Bonchev–Trinajstić information content (AvgIpc) is 2.98. The number of hydrogen-bond acceptors (Lipinski definition) is 4. The number of likely N-dealkylation sites (tertiary alicyclic amines) is 1. The van der Waals surface area contributed by atoms with Crippen LogP contribution >= 0.6 is 11.3 Å². The number of benzene rings is 1. The van der Waals surface area contributed by atoms with Crippen LogP contribution in [0.4, 0.5) is 4.39 Å². The summed E-state index contributed by atoms with van der Waals surface area (Å²) in [5, 5.41) is 0.982. The van der Waals surface area contributed by atoms with Crippen molar-refractivity contribution in [1.82, 2.24) is 14.9 Å². The topological polar surface area (TPSA) is 29.0 Å². The third-order valence-corrected chi connectivity index (χ3v) is 6.57. The smallest absolute Gasteiger partial charge is 0.129 e. The lowest BCUT2D eigenvalue weighted by Gasteiger charge is -2.37. The van der Waals surface area contributed by atoms with Crippen LogP contribution in [0, 0.1) is 26.6 Å². The fourth-order valence-corrected chi connectivity index (χ4v) is 5.16. The minimum absolute atomic E-state index is 0.0447. The van der Waals surface area contributed by atoms with E-state index in [0.717, 1.165) is 51.7 Å². The third-order valence-electron chi connectivity index (χ3n) is 5.64. The van der Waals surface area contributed by atoms with Gasteiger partial charge >= 0.3 is 0 Å². The lowest BCUT2D eigenvalue weighted by Crippen LogP contribution is -2.36. The van der Waals surface area contributed by atoms with Crippen LogP contribution in [-0.4, -0.2) is 28.0 Å². The van der Waals surface area contributed by atoms with Crippen molar-refractivity contribution in [2.45, 2.75) is 52.5 Å². The Hall–Kier alpha value is -1.85. The van der Waals surface area contributed by atoms with Gasteiger partial charge in [0.2, 0.25) is 0 Å². The number of piperidine rings is 1. The zero-order valence-corrected chi connectivity index (χ0v) is 17.2. The van der Waals surface area contributed by atoms with Crippen LogP contribution in [0.2, 0.25) is 0 Å². The monoisotopic (exact) mass is 383 g/mol. The van der Waals surface area contributed by atoms with Gasteiger partial charge in [0.1, 0.15) is 5.82 Å². The van der Waals surface area contributed by atoms with E-state index in [1.54, 1.807) is 17.4 Å². The van der Waals surface area contributed by atoms with E-state index in [-0.39, 0.29) is 11.9 Å². The number of pyridine rings is 1. The predicted molar refractivity (Wildman–Crippen MR) is 110 cm³/mol. The van der Waals surface area contributed by atoms with Gasteiger partial charge in [0, 0.05) is 29.5 Å². The number of nitrogens with zero attached hydrogens (tertiary/aromatic N) is 3. The molecule has 4 rings (SSSR count). The second-order valence-electron chi connectivity index (χ2n) is 7.77. The van der Waals surface area contributed by atoms with Gasteiger partial charge in [0.15, 0.2) is 0 Å². The first-order chi connectivity index (χ1) is 12.9. The Balaban J connectivity index is 1.60. The Morgan fingerprint density at radius 1 is 1.11 bits per heavy atom. The summed E-state index contributed by atoms with van der Waals surface area (Å²) in [4.78, 5) is 11.5. The minimum atomic E-state index is -0.114. The van der Waals surface area contributed by atoms with Gasteiger partial charge in [-0.3, -0.25) is 9.88 Å². The Morgan fingerprint density at radius 3 is 2.59 bits per heavy atom. The Morgan fingerprint density at radius 2 is 1.85 bits per heavy atom. The number of thiazole rings is 1. The summed E-state index contributed by atoms with van der Waals surface area (Å²) in [6, 6.07) is 8.06. The highest BCUT2D eigenvalue weighted by atomic mass is 32.1. The van der Waals surface area contributed by atoms with Crippen LogP contribution < -0.4 is 0 Å². The number of rotatable bonds is 3. The Labute approximate surface area is 164 Å². The molecule has 142 valence electrons. The maximum atomic E-state index is 14.8. The largest absolute Gasteiger partial charge is 0.296 e. The normalized spacial score (nSPS) is 19.5. The molecular weight excluding hydrogens is 357 g/mol. The van der Waals surface area contributed by atoms with Gasteiger partial charge in [-0.05, 0) is 82.8 Å². The number of fused-ring (bicyclic) bond motifs is 1. The van der Waals surface area contributed by atoms with Crippen molar-refractivity contribution in [1.29, 1.82) is 0 Å². The Kier molecular flexibility index (Phi) is 4.99. The fourth-order valence-electron chi connectivity index (χ4n) is 4.33. The SMILES string of the molecule is Cc1cc(C2CCCN(C(C)c3cc4nc(C)sc4cc3F)C2)cc(C)n1. The molecule has 0 spiro atoms. The molecular formula is C22H26FN3S. The zero-order chi connectivity index (χ0) is 19.1. The van der Waals surface area contributed by atoms with Gasteiger partial charge in [-0.1, -0.05) is 0 Å². The molecule has 3 aromatic rings. The molecule has 1 saturated heterocycles. The van der Waals surface area contributed by atoms with Crippen LogP contribution in [0.25, 0.3) is 10.2 Å². The quantitative estimate of drug-likeness (QED) is 0.581. The third kappa shape index (κ3) is 3.76. The first-order valence-electron chi connectivity index (χ1n) is 9.66. The molecule has 0 amide bonds. The summed E-state index contributed by atoms with van der Waals surface area (Å²) in [5.41, 5.74) is 5.18. The van der Waals surface area contributed by atoms with Crippen LogP contribution in [0.5, 0.6) is 0 Å².